The molecule has 1 aliphatic heterocycles. The first kappa shape index (κ1) is 12.7. The fraction of sp³-hybridized carbons (Fsp3) is 0.538. The van der Waals surface area contributed by atoms with Crippen molar-refractivity contribution in [3.05, 3.63) is 28.8 Å². The molecule has 0 amide bonds. The number of hydrogen-bond donors (Lipinski definition) is 1. The van der Waals surface area contributed by atoms with Crippen molar-refractivity contribution in [2.45, 2.75) is 19.5 Å². The number of ether oxygens (including phenoxy) is 1. The highest BCUT2D eigenvalue weighted by atomic mass is 35.5. The molecule has 4 heteroatoms. The Labute approximate surface area is 108 Å². The zero-order chi connectivity index (χ0) is 12.3. The summed E-state index contributed by atoms with van der Waals surface area (Å²) in [6.45, 7) is 6.28. The lowest BCUT2D eigenvalue weighted by Gasteiger charge is -2.34. The monoisotopic (exact) mass is 254 g/mol. The summed E-state index contributed by atoms with van der Waals surface area (Å²) in [5.74, 6) is 0.868. The van der Waals surface area contributed by atoms with E-state index in [1.807, 2.05) is 18.2 Å². The van der Waals surface area contributed by atoms with Crippen molar-refractivity contribution in [2.24, 2.45) is 0 Å². The molecule has 1 aromatic carbocycles. The van der Waals surface area contributed by atoms with Crippen LogP contribution in [0.5, 0.6) is 5.75 Å². The number of nitrogens with zero attached hydrogens (tertiary/aromatic N) is 1. The standard InChI is InChI=1S/C13H19ClN2O/c1-10-8-15-5-6-16(10)9-11-7-12(17-2)3-4-13(11)14/h3-4,7,10,15H,5-6,8-9H2,1-2H3/t10-/m0/s1. The summed E-state index contributed by atoms with van der Waals surface area (Å²) < 4.78 is 5.24. The lowest BCUT2D eigenvalue weighted by atomic mass is 10.1. The van der Waals surface area contributed by atoms with E-state index in [1.165, 1.54) is 0 Å². The third-order valence-corrected chi connectivity index (χ3v) is 3.63. The first-order valence-electron chi connectivity index (χ1n) is 5.98. The quantitative estimate of drug-likeness (QED) is 0.895. The number of halogens is 1. The number of rotatable bonds is 3. The van der Waals surface area contributed by atoms with Crippen LogP contribution in [0, 0.1) is 0 Å². The summed E-state index contributed by atoms with van der Waals surface area (Å²) in [5.41, 5.74) is 1.14. The summed E-state index contributed by atoms with van der Waals surface area (Å²) in [6.07, 6.45) is 0. The molecule has 0 saturated carbocycles. The molecule has 1 fully saturated rings. The van der Waals surface area contributed by atoms with Gasteiger partial charge in [-0.3, -0.25) is 4.90 Å². The van der Waals surface area contributed by atoms with E-state index in [4.69, 9.17) is 16.3 Å². The minimum absolute atomic E-state index is 0.547. The molecular weight excluding hydrogens is 236 g/mol. The molecule has 94 valence electrons. The topological polar surface area (TPSA) is 24.5 Å². The molecule has 0 aromatic heterocycles. The van der Waals surface area contributed by atoms with Gasteiger partial charge in [0.1, 0.15) is 5.75 Å². The van der Waals surface area contributed by atoms with E-state index in [-0.39, 0.29) is 0 Å². The van der Waals surface area contributed by atoms with E-state index in [2.05, 4.69) is 17.1 Å². The molecule has 1 heterocycles. The Morgan fingerprint density at radius 2 is 2.35 bits per heavy atom. The van der Waals surface area contributed by atoms with Crippen LogP contribution in [0.15, 0.2) is 18.2 Å². The number of nitrogens with one attached hydrogen (secondary N) is 1. The minimum atomic E-state index is 0.547. The fourth-order valence-corrected chi connectivity index (χ4v) is 2.31. The van der Waals surface area contributed by atoms with E-state index in [1.54, 1.807) is 7.11 Å². The Balaban J connectivity index is 2.11. The molecular formula is C13H19ClN2O. The van der Waals surface area contributed by atoms with Gasteiger partial charge in [-0.2, -0.15) is 0 Å². The zero-order valence-electron chi connectivity index (χ0n) is 10.4. The van der Waals surface area contributed by atoms with Gasteiger partial charge in [-0.15, -0.1) is 0 Å². The molecule has 0 spiro atoms. The van der Waals surface area contributed by atoms with Crippen molar-refractivity contribution in [2.75, 3.05) is 26.7 Å². The van der Waals surface area contributed by atoms with Crippen molar-refractivity contribution in [1.82, 2.24) is 10.2 Å². The normalized spacial score (nSPS) is 21.5. The maximum Gasteiger partial charge on any atom is 0.119 e. The molecule has 0 bridgehead atoms. The predicted molar refractivity (Wildman–Crippen MR) is 70.7 cm³/mol. The van der Waals surface area contributed by atoms with Gasteiger partial charge in [-0.25, -0.2) is 0 Å². The van der Waals surface area contributed by atoms with Gasteiger partial charge in [0.25, 0.3) is 0 Å². The molecule has 0 aliphatic carbocycles. The van der Waals surface area contributed by atoms with E-state index < -0.39 is 0 Å². The summed E-state index contributed by atoms with van der Waals surface area (Å²) in [6, 6.07) is 6.37. The van der Waals surface area contributed by atoms with Crippen LogP contribution in [-0.4, -0.2) is 37.7 Å². The molecule has 1 aliphatic rings. The second kappa shape index (κ2) is 5.71. The number of piperazine rings is 1. The van der Waals surface area contributed by atoms with Gasteiger partial charge in [0.2, 0.25) is 0 Å². The van der Waals surface area contributed by atoms with Crippen molar-refractivity contribution in [3.8, 4) is 5.75 Å². The molecule has 1 atom stereocenters. The Kier molecular flexibility index (Phi) is 4.26. The Morgan fingerprint density at radius 1 is 1.53 bits per heavy atom. The van der Waals surface area contributed by atoms with Crippen LogP contribution in [-0.2, 0) is 6.54 Å². The minimum Gasteiger partial charge on any atom is -0.497 e. The summed E-state index contributed by atoms with van der Waals surface area (Å²) in [4.78, 5) is 2.44. The highest BCUT2D eigenvalue weighted by Gasteiger charge is 2.18. The Bertz CT molecular complexity index is 384. The Hall–Kier alpha value is -0.770. The Morgan fingerprint density at radius 3 is 3.06 bits per heavy atom. The number of benzene rings is 1. The van der Waals surface area contributed by atoms with E-state index >= 15 is 0 Å². The predicted octanol–water partition coefficient (Wildman–Crippen LogP) is 2.14. The summed E-state index contributed by atoms with van der Waals surface area (Å²) in [7, 11) is 1.68. The van der Waals surface area contributed by atoms with Gasteiger partial charge in [0, 0.05) is 37.2 Å². The van der Waals surface area contributed by atoms with Crippen LogP contribution in [0.2, 0.25) is 5.02 Å². The fourth-order valence-electron chi connectivity index (χ4n) is 2.14. The molecule has 2 rings (SSSR count). The average Bonchev–Trinajstić information content (AvgIpc) is 2.35. The second-order valence-corrected chi connectivity index (χ2v) is 4.89. The first-order valence-corrected chi connectivity index (χ1v) is 6.35. The van der Waals surface area contributed by atoms with Gasteiger partial charge in [0.05, 0.1) is 7.11 Å². The maximum absolute atomic E-state index is 6.22. The lowest BCUT2D eigenvalue weighted by molar-refractivity contribution is 0.165. The van der Waals surface area contributed by atoms with Crippen molar-refractivity contribution < 1.29 is 4.74 Å². The van der Waals surface area contributed by atoms with Crippen LogP contribution in [0.25, 0.3) is 0 Å². The molecule has 17 heavy (non-hydrogen) atoms. The molecule has 0 unspecified atom stereocenters. The van der Waals surface area contributed by atoms with Crippen LogP contribution >= 0.6 is 11.6 Å². The zero-order valence-corrected chi connectivity index (χ0v) is 11.1. The highest BCUT2D eigenvalue weighted by Crippen LogP contribution is 2.24. The van der Waals surface area contributed by atoms with Crippen LogP contribution in [0.3, 0.4) is 0 Å². The summed E-state index contributed by atoms with van der Waals surface area (Å²) >= 11 is 6.22. The maximum atomic E-state index is 6.22. The van der Waals surface area contributed by atoms with Gasteiger partial charge in [0.15, 0.2) is 0 Å². The van der Waals surface area contributed by atoms with Gasteiger partial charge < -0.3 is 10.1 Å². The molecule has 1 N–H and O–H groups in total. The number of methoxy groups -OCH3 is 1. The van der Waals surface area contributed by atoms with Gasteiger partial charge in [-0.05, 0) is 30.7 Å². The smallest absolute Gasteiger partial charge is 0.119 e. The third kappa shape index (κ3) is 3.12. The van der Waals surface area contributed by atoms with Gasteiger partial charge >= 0.3 is 0 Å². The van der Waals surface area contributed by atoms with Crippen LogP contribution in [0.1, 0.15) is 12.5 Å². The largest absolute Gasteiger partial charge is 0.497 e. The first-order chi connectivity index (χ1) is 8.20. The molecule has 1 saturated heterocycles. The second-order valence-electron chi connectivity index (χ2n) is 4.48. The summed E-state index contributed by atoms with van der Waals surface area (Å²) in [5, 5.41) is 4.20. The third-order valence-electron chi connectivity index (χ3n) is 3.27. The molecule has 1 aromatic rings. The van der Waals surface area contributed by atoms with Crippen LogP contribution in [0.4, 0.5) is 0 Å². The SMILES string of the molecule is COc1ccc(Cl)c(CN2CCNC[C@@H]2C)c1. The van der Waals surface area contributed by atoms with Crippen molar-refractivity contribution in [1.29, 1.82) is 0 Å². The van der Waals surface area contributed by atoms with E-state index in [0.717, 1.165) is 42.5 Å². The molecule has 3 nitrogen and oxygen atoms in total. The van der Waals surface area contributed by atoms with E-state index in [0.29, 0.717) is 6.04 Å². The average molecular weight is 255 g/mol. The van der Waals surface area contributed by atoms with Crippen molar-refractivity contribution >= 4 is 11.6 Å². The van der Waals surface area contributed by atoms with Gasteiger partial charge in [-0.1, -0.05) is 11.6 Å². The van der Waals surface area contributed by atoms with Crippen molar-refractivity contribution in [3.63, 3.8) is 0 Å². The van der Waals surface area contributed by atoms with E-state index in [9.17, 15) is 0 Å². The lowest BCUT2D eigenvalue weighted by Crippen LogP contribution is -2.49. The highest BCUT2D eigenvalue weighted by molar-refractivity contribution is 6.31. The molecule has 0 radical (unpaired) electrons. The number of hydrogen-bond acceptors (Lipinski definition) is 3. The van der Waals surface area contributed by atoms with Crippen LogP contribution < -0.4 is 10.1 Å².